The van der Waals surface area contributed by atoms with Crippen molar-refractivity contribution in [3.63, 3.8) is 0 Å². The normalized spacial score (nSPS) is 23.8. The summed E-state index contributed by atoms with van der Waals surface area (Å²) in [6, 6.07) is 2.56. The second kappa shape index (κ2) is 7.63. The maximum atomic E-state index is 5.32. The molecule has 0 bridgehead atoms. The van der Waals surface area contributed by atoms with Crippen LogP contribution in [0.4, 0.5) is 0 Å². The van der Waals surface area contributed by atoms with Crippen LogP contribution in [0.5, 0.6) is 5.75 Å². The molecule has 1 fully saturated rings. The van der Waals surface area contributed by atoms with Crippen molar-refractivity contribution in [1.82, 2.24) is 10.3 Å². The van der Waals surface area contributed by atoms with E-state index in [0.717, 1.165) is 30.6 Å². The summed E-state index contributed by atoms with van der Waals surface area (Å²) >= 11 is 0. The van der Waals surface area contributed by atoms with Gasteiger partial charge in [-0.2, -0.15) is 0 Å². The van der Waals surface area contributed by atoms with Crippen LogP contribution < -0.4 is 10.1 Å². The minimum atomic E-state index is 0.425. The summed E-state index contributed by atoms with van der Waals surface area (Å²) in [6.45, 7) is 5.60. The molecule has 3 heteroatoms. The molecule has 1 aromatic rings. The first-order chi connectivity index (χ1) is 9.78. The third-order valence-corrected chi connectivity index (χ3v) is 4.57. The number of hydrogen-bond acceptors (Lipinski definition) is 3. The van der Waals surface area contributed by atoms with Gasteiger partial charge in [-0.3, -0.25) is 4.98 Å². The van der Waals surface area contributed by atoms with Crippen LogP contribution in [0.2, 0.25) is 0 Å². The number of ether oxygens (including phenoxy) is 1. The Morgan fingerprint density at radius 2 is 2.20 bits per heavy atom. The predicted octanol–water partition coefficient (Wildman–Crippen LogP) is 3.96. The van der Waals surface area contributed by atoms with E-state index in [1.54, 1.807) is 13.3 Å². The largest absolute Gasteiger partial charge is 0.495 e. The highest BCUT2D eigenvalue weighted by atomic mass is 16.5. The van der Waals surface area contributed by atoms with E-state index < -0.39 is 0 Å². The van der Waals surface area contributed by atoms with Gasteiger partial charge in [0.15, 0.2) is 0 Å². The molecule has 1 aliphatic carbocycles. The SMILES string of the molecule is CCCNC(c1cncc(OC)c1)C1CCC(CC)C1. The lowest BCUT2D eigenvalue weighted by atomic mass is 9.91. The first-order valence-electron chi connectivity index (χ1n) is 8.00. The fraction of sp³-hybridized carbons (Fsp3) is 0.706. The van der Waals surface area contributed by atoms with E-state index in [2.05, 4.69) is 30.2 Å². The van der Waals surface area contributed by atoms with Gasteiger partial charge in [0.25, 0.3) is 0 Å². The summed E-state index contributed by atoms with van der Waals surface area (Å²) in [7, 11) is 1.71. The van der Waals surface area contributed by atoms with Gasteiger partial charge in [0, 0.05) is 12.2 Å². The van der Waals surface area contributed by atoms with Gasteiger partial charge in [-0.25, -0.2) is 0 Å². The zero-order valence-corrected chi connectivity index (χ0v) is 13.1. The van der Waals surface area contributed by atoms with Crippen molar-refractivity contribution >= 4 is 0 Å². The minimum Gasteiger partial charge on any atom is -0.495 e. The highest BCUT2D eigenvalue weighted by Crippen LogP contribution is 2.40. The fourth-order valence-corrected chi connectivity index (χ4v) is 3.36. The molecule has 1 aliphatic rings. The molecule has 1 heterocycles. The van der Waals surface area contributed by atoms with Crippen LogP contribution in [0.25, 0.3) is 0 Å². The monoisotopic (exact) mass is 276 g/mol. The second-order valence-corrected chi connectivity index (χ2v) is 5.94. The number of rotatable bonds is 7. The van der Waals surface area contributed by atoms with Crippen molar-refractivity contribution in [1.29, 1.82) is 0 Å². The van der Waals surface area contributed by atoms with Crippen molar-refractivity contribution in [2.45, 2.75) is 52.0 Å². The average Bonchev–Trinajstić information content (AvgIpc) is 2.97. The summed E-state index contributed by atoms with van der Waals surface area (Å²) in [6.07, 6.45) is 10.3. The third-order valence-electron chi connectivity index (χ3n) is 4.57. The maximum Gasteiger partial charge on any atom is 0.137 e. The molecule has 20 heavy (non-hydrogen) atoms. The van der Waals surface area contributed by atoms with Crippen LogP contribution in [0, 0.1) is 11.8 Å². The van der Waals surface area contributed by atoms with Crippen LogP contribution in [-0.4, -0.2) is 18.6 Å². The van der Waals surface area contributed by atoms with Gasteiger partial charge >= 0.3 is 0 Å². The van der Waals surface area contributed by atoms with Crippen molar-refractivity contribution in [2.75, 3.05) is 13.7 Å². The molecule has 1 saturated carbocycles. The Hall–Kier alpha value is -1.09. The molecule has 0 amide bonds. The molecule has 1 aromatic heterocycles. The Kier molecular flexibility index (Phi) is 5.84. The molecule has 112 valence electrons. The number of methoxy groups -OCH3 is 1. The zero-order chi connectivity index (χ0) is 14.4. The third kappa shape index (κ3) is 3.72. The van der Waals surface area contributed by atoms with E-state index in [0.29, 0.717) is 6.04 Å². The Balaban J connectivity index is 2.13. The maximum absolute atomic E-state index is 5.32. The highest BCUT2D eigenvalue weighted by molar-refractivity contribution is 5.26. The van der Waals surface area contributed by atoms with Crippen molar-refractivity contribution < 1.29 is 4.74 Å². The minimum absolute atomic E-state index is 0.425. The molecule has 3 unspecified atom stereocenters. The molecular weight excluding hydrogens is 248 g/mol. The highest BCUT2D eigenvalue weighted by Gasteiger charge is 2.30. The first-order valence-corrected chi connectivity index (χ1v) is 8.00. The van der Waals surface area contributed by atoms with Gasteiger partial charge in [0.2, 0.25) is 0 Å². The zero-order valence-electron chi connectivity index (χ0n) is 13.1. The van der Waals surface area contributed by atoms with E-state index in [9.17, 15) is 0 Å². The van der Waals surface area contributed by atoms with Crippen molar-refractivity contribution in [3.8, 4) is 5.75 Å². The summed E-state index contributed by atoms with van der Waals surface area (Å²) in [5.74, 6) is 2.50. The van der Waals surface area contributed by atoms with Gasteiger partial charge in [-0.15, -0.1) is 0 Å². The van der Waals surface area contributed by atoms with E-state index in [-0.39, 0.29) is 0 Å². The molecule has 3 atom stereocenters. The van der Waals surface area contributed by atoms with Gasteiger partial charge in [-0.1, -0.05) is 26.7 Å². The van der Waals surface area contributed by atoms with Gasteiger partial charge in [0.05, 0.1) is 13.3 Å². The van der Waals surface area contributed by atoms with E-state index in [1.807, 2.05) is 6.20 Å². The molecule has 3 nitrogen and oxygen atoms in total. The average molecular weight is 276 g/mol. The van der Waals surface area contributed by atoms with E-state index in [1.165, 1.54) is 31.2 Å². The lowest BCUT2D eigenvalue weighted by Gasteiger charge is -2.25. The predicted molar refractivity (Wildman–Crippen MR) is 82.9 cm³/mol. The summed E-state index contributed by atoms with van der Waals surface area (Å²) in [5.41, 5.74) is 1.28. The number of aromatic nitrogens is 1. The van der Waals surface area contributed by atoms with Crippen molar-refractivity contribution in [2.24, 2.45) is 11.8 Å². The summed E-state index contributed by atoms with van der Waals surface area (Å²) in [4.78, 5) is 4.33. The molecule has 0 aromatic carbocycles. The molecule has 0 saturated heterocycles. The Morgan fingerprint density at radius 3 is 2.85 bits per heavy atom. The Labute approximate surface area is 123 Å². The molecule has 2 rings (SSSR count). The van der Waals surface area contributed by atoms with Crippen LogP contribution in [0.3, 0.4) is 0 Å². The molecule has 0 spiro atoms. The second-order valence-electron chi connectivity index (χ2n) is 5.94. The smallest absolute Gasteiger partial charge is 0.137 e. The fourth-order valence-electron chi connectivity index (χ4n) is 3.36. The van der Waals surface area contributed by atoms with Gasteiger partial charge in [-0.05, 0) is 49.3 Å². The summed E-state index contributed by atoms with van der Waals surface area (Å²) in [5, 5.41) is 3.73. The van der Waals surface area contributed by atoms with Crippen LogP contribution in [0.15, 0.2) is 18.5 Å². The topological polar surface area (TPSA) is 34.2 Å². The van der Waals surface area contributed by atoms with E-state index in [4.69, 9.17) is 4.74 Å². The molecule has 0 aliphatic heterocycles. The lowest BCUT2D eigenvalue weighted by molar-refractivity contribution is 0.350. The van der Waals surface area contributed by atoms with Gasteiger partial charge in [0.1, 0.15) is 5.75 Å². The number of nitrogens with zero attached hydrogens (tertiary/aromatic N) is 1. The van der Waals surface area contributed by atoms with Crippen LogP contribution >= 0.6 is 0 Å². The lowest BCUT2D eigenvalue weighted by Crippen LogP contribution is -2.28. The Morgan fingerprint density at radius 1 is 1.35 bits per heavy atom. The van der Waals surface area contributed by atoms with Crippen LogP contribution in [0.1, 0.15) is 57.6 Å². The van der Waals surface area contributed by atoms with Crippen molar-refractivity contribution in [3.05, 3.63) is 24.0 Å². The molecular formula is C17H28N2O. The van der Waals surface area contributed by atoms with Gasteiger partial charge < -0.3 is 10.1 Å². The van der Waals surface area contributed by atoms with E-state index >= 15 is 0 Å². The standard InChI is InChI=1S/C17H28N2O/c1-4-8-19-17(14-7-6-13(5-2)9-14)15-10-16(20-3)12-18-11-15/h10-14,17,19H,4-9H2,1-3H3. The molecule has 1 N–H and O–H groups in total. The Bertz CT molecular complexity index is 408. The number of pyridine rings is 1. The quantitative estimate of drug-likeness (QED) is 0.818. The molecule has 0 radical (unpaired) electrons. The van der Waals surface area contributed by atoms with Crippen LogP contribution in [-0.2, 0) is 0 Å². The number of nitrogens with one attached hydrogen (secondary N) is 1. The number of hydrogen-bond donors (Lipinski definition) is 1. The summed E-state index contributed by atoms with van der Waals surface area (Å²) < 4.78 is 5.32. The first kappa shape index (κ1) is 15.3.